The first kappa shape index (κ1) is 15.6. The van der Waals surface area contributed by atoms with Gasteiger partial charge >= 0.3 is 0 Å². The summed E-state index contributed by atoms with van der Waals surface area (Å²) in [4.78, 5) is 14.0. The van der Waals surface area contributed by atoms with E-state index in [1.807, 2.05) is 4.90 Å². The summed E-state index contributed by atoms with van der Waals surface area (Å²) in [5, 5.41) is 12.3. The summed E-state index contributed by atoms with van der Waals surface area (Å²) in [5.41, 5.74) is -0.0227. The van der Waals surface area contributed by atoms with Crippen molar-refractivity contribution in [2.45, 2.75) is 49.9 Å². The van der Waals surface area contributed by atoms with Gasteiger partial charge in [0.2, 0.25) is 11.0 Å². The maximum absolute atomic E-state index is 12.1. The van der Waals surface area contributed by atoms with Gasteiger partial charge in [-0.2, -0.15) is 0 Å². The Hall–Kier alpha value is -0.820. The van der Waals surface area contributed by atoms with Gasteiger partial charge < -0.3 is 10.2 Å². The first-order valence-electron chi connectivity index (χ1n) is 6.96. The average molecular weight is 314 g/mol. The van der Waals surface area contributed by atoms with E-state index >= 15 is 0 Å². The lowest BCUT2D eigenvalue weighted by Gasteiger charge is -2.26. The molecule has 1 aliphatic rings. The highest BCUT2D eigenvalue weighted by atomic mass is 32.2. The van der Waals surface area contributed by atoms with Gasteiger partial charge in [0.25, 0.3) is 0 Å². The van der Waals surface area contributed by atoms with E-state index in [1.165, 1.54) is 29.5 Å². The Morgan fingerprint density at radius 2 is 2.00 bits per heavy atom. The van der Waals surface area contributed by atoms with Crippen LogP contribution in [-0.2, 0) is 4.79 Å². The molecule has 0 bridgehead atoms. The third kappa shape index (κ3) is 4.94. The monoisotopic (exact) mass is 314 g/mol. The first-order chi connectivity index (χ1) is 9.44. The molecular weight excluding hydrogens is 292 g/mol. The highest BCUT2D eigenvalue weighted by Crippen LogP contribution is 2.27. The third-order valence-electron chi connectivity index (χ3n) is 2.92. The van der Waals surface area contributed by atoms with Crippen LogP contribution in [0.2, 0.25) is 0 Å². The normalized spacial score (nSPS) is 16.2. The number of piperidine rings is 1. The number of anilines is 1. The minimum Gasteiger partial charge on any atom is -0.355 e. The van der Waals surface area contributed by atoms with Crippen LogP contribution in [0.3, 0.4) is 0 Å². The zero-order valence-corrected chi connectivity index (χ0v) is 13.9. The second-order valence-corrected chi connectivity index (χ2v) is 8.18. The van der Waals surface area contributed by atoms with E-state index < -0.39 is 0 Å². The van der Waals surface area contributed by atoms with Gasteiger partial charge in [-0.3, -0.25) is 4.79 Å². The number of nitrogens with zero attached hydrogens (tertiary/aromatic N) is 3. The lowest BCUT2D eigenvalue weighted by atomic mass is 10.1. The molecular formula is C13H22N4OS2. The summed E-state index contributed by atoms with van der Waals surface area (Å²) < 4.78 is 0.849. The van der Waals surface area contributed by atoms with Gasteiger partial charge in [-0.25, -0.2) is 0 Å². The molecule has 1 amide bonds. The molecule has 1 aromatic heterocycles. The lowest BCUT2D eigenvalue weighted by molar-refractivity contribution is -0.129. The Morgan fingerprint density at radius 3 is 2.65 bits per heavy atom. The molecule has 0 atom stereocenters. The van der Waals surface area contributed by atoms with Crippen LogP contribution in [0.15, 0.2) is 4.34 Å². The predicted octanol–water partition coefficient (Wildman–Crippen LogP) is 2.85. The van der Waals surface area contributed by atoms with Gasteiger partial charge in [0.05, 0.1) is 5.75 Å². The van der Waals surface area contributed by atoms with Crippen LogP contribution in [0.5, 0.6) is 0 Å². The molecule has 0 spiro atoms. The molecule has 5 nitrogen and oxygen atoms in total. The van der Waals surface area contributed by atoms with Crippen LogP contribution >= 0.6 is 23.1 Å². The number of aromatic nitrogens is 2. The lowest BCUT2D eigenvalue weighted by Crippen LogP contribution is -2.36. The van der Waals surface area contributed by atoms with E-state index in [9.17, 15) is 4.79 Å². The summed E-state index contributed by atoms with van der Waals surface area (Å²) >= 11 is 2.99. The van der Waals surface area contributed by atoms with Crippen LogP contribution in [0.4, 0.5) is 5.13 Å². The van der Waals surface area contributed by atoms with E-state index in [0.29, 0.717) is 5.75 Å². The van der Waals surface area contributed by atoms with E-state index in [4.69, 9.17) is 0 Å². The summed E-state index contributed by atoms with van der Waals surface area (Å²) in [5.74, 6) is 0.680. The standard InChI is InChI=1S/C13H22N4OS2/c1-13(2,3)14-11-15-16-12(20-11)19-9-10(18)17-7-5-4-6-8-17/h4-9H2,1-3H3,(H,14,15). The Balaban J connectivity index is 1.80. The maximum Gasteiger partial charge on any atom is 0.233 e. The molecule has 0 saturated carbocycles. The zero-order chi connectivity index (χ0) is 14.6. The van der Waals surface area contributed by atoms with Gasteiger partial charge in [-0.05, 0) is 40.0 Å². The van der Waals surface area contributed by atoms with Crippen molar-refractivity contribution in [3.63, 3.8) is 0 Å². The molecule has 0 aliphatic carbocycles. The second kappa shape index (κ2) is 6.76. The van der Waals surface area contributed by atoms with Crippen molar-refractivity contribution in [3.8, 4) is 0 Å². The smallest absolute Gasteiger partial charge is 0.233 e. The summed E-state index contributed by atoms with van der Waals surface area (Å²) in [6.07, 6.45) is 3.51. The zero-order valence-electron chi connectivity index (χ0n) is 12.3. The second-order valence-electron chi connectivity index (χ2n) is 5.98. The van der Waals surface area contributed by atoms with E-state index in [1.54, 1.807) is 0 Å². The molecule has 20 heavy (non-hydrogen) atoms. The molecule has 1 aliphatic heterocycles. The van der Waals surface area contributed by atoms with Gasteiger partial charge in [-0.15, -0.1) is 10.2 Å². The first-order valence-corrected chi connectivity index (χ1v) is 8.76. The summed E-state index contributed by atoms with van der Waals surface area (Å²) in [7, 11) is 0. The Morgan fingerprint density at radius 1 is 1.30 bits per heavy atom. The molecule has 1 N–H and O–H groups in total. The number of thioether (sulfide) groups is 1. The van der Waals surface area contributed by atoms with E-state index in [0.717, 1.165) is 35.4 Å². The van der Waals surface area contributed by atoms with E-state index in [2.05, 4.69) is 36.3 Å². The van der Waals surface area contributed by atoms with Gasteiger partial charge in [0.1, 0.15) is 0 Å². The summed E-state index contributed by atoms with van der Waals surface area (Å²) in [6.45, 7) is 8.07. The minimum absolute atomic E-state index is 0.0227. The predicted molar refractivity (Wildman–Crippen MR) is 84.4 cm³/mol. The molecule has 112 valence electrons. The quantitative estimate of drug-likeness (QED) is 0.866. The van der Waals surface area contributed by atoms with Crippen LogP contribution in [0, 0.1) is 0 Å². The van der Waals surface area contributed by atoms with Crippen molar-refractivity contribution in [1.82, 2.24) is 15.1 Å². The topological polar surface area (TPSA) is 58.1 Å². The molecule has 7 heteroatoms. The fraction of sp³-hybridized carbons (Fsp3) is 0.769. The highest BCUT2D eigenvalue weighted by molar-refractivity contribution is 8.01. The highest BCUT2D eigenvalue weighted by Gasteiger charge is 2.18. The van der Waals surface area contributed by atoms with E-state index in [-0.39, 0.29) is 11.4 Å². The van der Waals surface area contributed by atoms with Gasteiger partial charge in [0.15, 0.2) is 4.34 Å². The number of likely N-dealkylation sites (tertiary alicyclic amines) is 1. The van der Waals surface area contributed by atoms with Crippen LogP contribution < -0.4 is 5.32 Å². The van der Waals surface area contributed by atoms with Gasteiger partial charge in [0, 0.05) is 18.6 Å². The molecule has 2 heterocycles. The molecule has 0 unspecified atom stereocenters. The van der Waals surface area contributed by atoms with Crippen molar-refractivity contribution in [2.75, 3.05) is 24.2 Å². The van der Waals surface area contributed by atoms with Gasteiger partial charge in [-0.1, -0.05) is 23.1 Å². The van der Waals surface area contributed by atoms with Crippen LogP contribution in [0.25, 0.3) is 0 Å². The van der Waals surface area contributed by atoms with Crippen molar-refractivity contribution >= 4 is 34.1 Å². The summed E-state index contributed by atoms with van der Waals surface area (Å²) in [6, 6.07) is 0. The molecule has 1 saturated heterocycles. The largest absolute Gasteiger partial charge is 0.355 e. The fourth-order valence-corrected chi connectivity index (χ4v) is 3.86. The van der Waals surface area contributed by atoms with Crippen molar-refractivity contribution in [2.24, 2.45) is 0 Å². The Labute approximate surface area is 128 Å². The van der Waals surface area contributed by atoms with Crippen molar-refractivity contribution in [3.05, 3.63) is 0 Å². The third-order valence-corrected chi connectivity index (χ3v) is 4.87. The number of hydrogen-bond donors (Lipinski definition) is 1. The van der Waals surface area contributed by atoms with Crippen LogP contribution in [-0.4, -0.2) is 45.4 Å². The number of hydrogen-bond acceptors (Lipinski definition) is 6. The molecule has 0 aromatic carbocycles. The van der Waals surface area contributed by atoms with Crippen molar-refractivity contribution in [1.29, 1.82) is 0 Å². The molecule has 2 rings (SSSR count). The van der Waals surface area contributed by atoms with Crippen molar-refractivity contribution < 1.29 is 4.79 Å². The number of carbonyl (C=O) groups excluding carboxylic acids is 1. The average Bonchev–Trinajstić information content (AvgIpc) is 2.82. The Bertz CT molecular complexity index is 449. The fourth-order valence-electron chi connectivity index (χ4n) is 2.00. The number of carbonyl (C=O) groups is 1. The molecule has 1 fully saturated rings. The number of amides is 1. The number of rotatable bonds is 4. The SMILES string of the molecule is CC(C)(C)Nc1nnc(SCC(=O)N2CCCCC2)s1. The minimum atomic E-state index is -0.0227. The maximum atomic E-state index is 12.1. The molecule has 1 aromatic rings. The number of nitrogens with one attached hydrogen (secondary N) is 1. The molecule has 0 radical (unpaired) electrons. The van der Waals surface area contributed by atoms with Crippen LogP contribution in [0.1, 0.15) is 40.0 Å². The Kier molecular flexibility index (Phi) is 5.26.